The summed E-state index contributed by atoms with van der Waals surface area (Å²) in [5, 5.41) is 14.8. The molecule has 0 radical (unpaired) electrons. The van der Waals surface area contributed by atoms with E-state index in [1.807, 2.05) is 24.3 Å². The number of nitrogens with one attached hydrogen (secondary N) is 1. The zero-order valence-electron chi connectivity index (χ0n) is 10.9. The summed E-state index contributed by atoms with van der Waals surface area (Å²) in [6.45, 7) is 3.80. The molecule has 0 atom stereocenters. The number of para-hydroxylation sites is 1. The number of benzene rings is 1. The molecule has 0 aromatic heterocycles. The summed E-state index contributed by atoms with van der Waals surface area (Å²) in [7, 11) is 0. The number of unbranched alkanes of at least 4 members (excludes halogenated alkanes) is 2. The Bertz CT molecular complexity index is 428. The first-order valence-corrected chi connectivity index (χ1v) is 6.27. The summed E-state index contributed by atoms with van der Waals surface area (Å²) < 4.78 is 0. The minimum absolute atomic E-state index is 0.00152. The van der Waals surface area contributed by atoms with Crippen molar-refractivity contribution >= 4 is 17.3 Å². The van der Waals surface area contributed by atoms with Crippen molar-refractivity contribution in [3.8, 4) is 0 Å². The van der Waals surface area contributed by atoms with Crippen LogP contribution in [0, 0.1) is 0 Å². The Morgan fingerprint density at radius 3 is 2.72 bits per heavy atom. The quantitative estimate of drug-likeness (QED) is 0.351. The van der Waals surface area contributed by atoms with Gasteiger partial charge in [0.25, 0.3) is 0 Å². The minimum Gasteiger partial charge on any atom is -0.411 e. The molecular weight excluding hydrogens is 228 g/mol. The molecule has 18 heavy (non-hydrogen) atoms. The standard InChI is InChI=1S/C14H20N2O2/c1-3-4-5-10-14(17)15-13-9-7-6-8-12(13)11(2)16-18/h6-9,18H,3-5,10H2,1-2H3,(H,15,17)/b16-11+. The summed E-state index contributed by atoms with van der Waals surface area (Å²) >= 11 is 0. The van der Waals surface area contributed by atoms with Gasteiger partial charge in [0.15, 0.2) is 0 Å². The lowest BCUT2D eigenvalue weighted by atomic mass is 10.1. The average molecular weight is 248 g/mol. The predicted octanol–water partition coefficient (Wildman–Crippen LogP) is 3.40. The first-order valence-electron chi connectivity index (χ1n) is 6.27. The van der Waals surface area contributed by atoms with Gasteiger partial charge in [-0.3, -0.25) is 4.79 Å². The lowest BCUT2D eigenvalue weighted by Gasteiger charge is -2.09. The van der Waals surface area contributed by atoms with E-state index in [0.29, 0.717) is 17.8 Å². The number of carbonyl (C=O) groups is 1. The molecule has 1 aromatic rings. The monoisotopic (exact) mass is 248 g/mol. The third-order valence-corrected chi connectivity index (χ3v) is 2.75. The van der Waals surface area contributed by atoms with Gasteiger partial charge in [-0.25, -0.2) is 0 Å². The van der Waals surface area contributed by atoms with Crippen LogP contribution < -0.4 is 5.32 Å². The number of amides is 1. The summed E-state index contributed by atoms with van der Waals surface area (Å²) in [5.41, 5.74) is 1.91. The number of carbonyl (C=O) groups excluding carboxylic acids is 1. The van der Waals surface area contributed by atoms with Crippen molar-refractivity contribution in [3.63, 3.8) is 0 Å². The average Bonchev–Trinajstić information content (AvgIpc) is 2.39. The van der Waals surface area contributed by atoms with Crippen LogP contribution in [0.25, 0.3) is 0 Å². The summed E-state index contributed by atoms with van der Waals surface area (Å²) in [6, 6.07) is 7.31. The third kappa shape index (κ3) is 4.20. The number of hydrogen-bond acceptors (Lipinski definition) is 3. The zero-order chi connectivity index (χ0) is 13.4. The molecule has 0 spiro atoms. The van der Waals surface area contributed by atoms with Gasteiger partial charge in [-0.1, -0.05) is 43.1 Å². The molecule has 0 bridgehead atoms. The van der Waals surface area contributed by atoms with Crippen LogP contribution in [-0.2, 0) is 4.79 Å². The van der Waals surface area contributed by atoms with Gasteiger partial charge in [-0.05, 0) is 19.4 Å². The Labute approximate surface area is 108 Å². The van der Waals surface area contributed by atoms with Crippen LogP contribution in [-0.4, -0.2) is 16.8 Å². The van der Waals surface area contributed by atoms with Crippen molar-refractivity contribution in [3.05, 3.63) is 29.8 Å². The highest BCUT2D eigenvalue weighted by molar-refractivity contribution is 6.06. The van der Waals surface area contributed by atoms with Gasteiger partial charge in [0.2, 0.25) is 5.91 Å². The summed E-state index contributed by atoms with van der Waals surface area (Å²) in [4.78, 5) is 11.7. The van der Waals surface area contributed by atoms with Crippen molar-refractivity contribution in [2.45, 2.75) is 39.5 Å². The lowest BCUT2D eigenvalue weighted by molar-refractivity contribution is -0.116. The molecule has 1 rings (SSSR count). The first kappa shape index (κ1) is 14.2. The Balaban J connectivity index is 2.69. The van der Waals surface area contributed by atoms with Gasteiger partial charge in [-0.15, -0.1) is 0 Å². The van der Waals surface area contributed by atoms with E-state index in [0.717, 1.165) is 24.8 Å². The molecule has 2 N–H and O–H groups in total. The maximum atomic E-state index is 11.7. The number of nitrogens with zero attached hydrogens (tertiary/aromatic N) is 1. The van der Waals surface area contributed by atoms with E-state index < -0.39 is 0 Å². The Kier molecular flexibility index (Phi) is 5.91. The van der Waals surface area contributed by atoms with Crippen LogP contribution in [0.4, 0.5) is 5.69 Å². The van der Waals surface area contributed by atoms with Crippen molar-refractivity contribution < 1.29 is 10.0 Å². The minimum atomic E-state index is 0.00152. The van der Waals surface area contributed by atoms with E-state index in [1.54, 1.807) is 6.92 Å². The Hall–Kier alpha value is -1.84. The molecule has 0 saturated carbocycles. The van der Waals surface area contributed by atoms with Crippen LogP contribution in [0.2, 0.25) is 0 Å². The Morgan fingerprint density at radius 1 is 1.33 bits per heavy atom. The highest BCUT2D eigenvalue weighted by atomic mass is 16.4. The van der Waals surface area contributed by atoms with Gasteiger partial charge in [0, 0.05) is 17.7 Å². The molecule has 0 aliphatic rings. The van der Waals surface area contributed by atoms with Crippen LogP contribution in [0.15, 0.2) is 29.4 Å². The van der Waals surface area contributed by atoms with Gasteiger partial charge >= 0.3 is 0 Å². The van der Waals surface area contributed by atoms with E-state index in [1.165, 1.54) is 0 Å². The summed E-state index contributed by atoms with van der Waals surface area (Å²) in [6.07, 6.45) is 3.58. The molecule has 1 aromatic carbocycles. The molecule has 4 heteroatoms. The summed E-state index contributed by atoms with van der Waals surface area (Å²) in [5.74, 6) is 0.00152. The van der Waals surface area contributed by atoms with Crippen molar-refractivity contribution in [1.82, 2.24) is 0 Å². The smallest absolute Gasteiger partial charge is 0.224 e. The number of anilines is 1. The highest BCUT2D eigenvalue weighted by Gasteiger charge is 2.08. The lowest BCUT2D eigenvalue weighted by Crippen LogP contribution is -2.13. The van der Waals surface area contributed by atoms with Crippen LogP contribution in [0.3, 0.4) is 0 Å². The molecule has 0 fully saturated rings. The van der Waals surface area contributed by atoms with Crippen molar-refractivity contribution in [1.29, 1.82) is 0 Å². The fourth-order valence-corrected chi connectivity index (χ4v) is 1.71. The van der Waals surface area contributed by atoms with E-state index in [4.69, 9.17) is 5.21 Å². The molecule has 0 unspecified atom stereocenters. The fraction of sp³-hybridized carbons (Fsp3) is 0.429. The van der Waals surface area contributed by atoms with Gasteiger partial charge in [0.1, 0.15) is 0 Å². The Morgan fingerprint density at radius 2 is 2.06 bits per heavy atom. The fourth-order valence-electron chi connectivity index (χ4n) is 1.71. The second-order valence-electron chi connectivity index (χ2n) is 4.24. The zero-order valence-corrected chi connectivity index (χ0v) is 10.9. The topological polar surface area (TPSA) is 61.7 Å². The molecule has 0 saturated heterocycles. The third-order valence-electron chi connectivity index (χ3n) is 2.75. The maximum Gasteiger partial charge on any atom is 0.224 e. The molecule has 0 aliphatic carbocycles. The molecule has 0 heterocycles. The highest BCUT2D eigenvalue weighted by Crippen LogP contribution is 2.16. The molecule has 4 nitrogen and oxygen atoms in total. The van der Waals surface area contributed by atoms with Crippen LogP contribution in [0.1, 0.15) is 45.1 Å². The molecule has 0 aliphatic heterocycles. The normalized spacial score (nSPS) is 11.3. The van der Waals surface area contributed by atoms with Gasteiger partial charge in [-0.2, -0.15) is 0 Å². The van der Waals surface area contributed by atoms with E-state index in [-0.39, 0.29) is 5.91 Å². The largest absolute Gasteiger partial charge is 0.411 e. The second-order valence-corrected chi connectivity index (χ2v) is 4.24. The van der Waals surface area contributed by atoms with Crippen LogP contribution in [0.5, 0.6) is 0 Å². The molecular formula is C14H20N2O2. The van der Waals surface area contributed by atoms with Crippen molar-refractivity contribution in [2.24, 2.45) is 5.16 Å². The second kappa shape index (κ2) is 7.48. The molecule has 1 amide bonds. The number of oxime groups is 1. The van der Waals surface area contributed by atoms with E-state index in [9.17, 15) is 4.79 Å². The van der Waals surface area contributed by atoms with Gasteiger partial charge in [0.05, 0.1) is 5.71 Å². The predicted molar refractivity (Wildman–Crippen MR) is 73.2 cm³/mol. The van der Waals surface area contributed by atoms with E-state index >= 15 is 0 Å². The number of rotatable bonds is 6. The maximum absolute atomic E-state index is 11.7. The van der Waals surface area contributed by atoms with Crippen LogP contribution >= 0.6 is 0 Å². The van der Waals surface area contributed by atoms with Crippen molar-refractivity contribution in [2.75, 3.05) is 5.32 Å². The SMILES string of the molecule is CCCCCC(=O)Nc1ccccc1/C(C)=N/O. The number of hydrogen-bond donors (Lipinski definition) is 2. The first-order chi connectivity index (χ1) is 8.69. The molecule has 98 valence electrons. The van der Waals surface area contributed by atoms with E-state index in [2.05, 4.69) is 17.4 Å². The van der Waals surface area contributed by atoms with Gasteiger partial charge < -0.3 is 10.5 Å².